The van der Waals surface area contributed by atoms with Gasteiger partial charge in [-0.1, -0.05) is 13.3 Å². The molecule has 4 nitrogen and oxygen atoms in total. The van der Waals surface area contributed by atoms with Crippen LogP contribution >= 0.6 is 0 Å². The first kappa shape index (κ1) is 15.5. The molecule has 0 saturated carbocycles. The molecular formula is C12H19F3N4. The molecule has 2 N–H and O–H groups in total. The van der Waals surface area contributed by atoms with Crippen molar-refractivity contribution in [3.8, 4) is 0 Å². The number of aromatic nitrogens is 2. The Kier molecular flexibility index (Phi) is 4.60. The van der Waals surface area contributed by atoms with Crippen LogP contribution in [0, 0.1) is 0 Å². The van der Waals surface area contributed by atoms with Gasteiger partial charge in [0, 0.05) is 18.7 Å². The number of alkyl halides is 3. The average molecular weight is 276 g/mol. The standard InChI is InChI=1S/C12H19F3N4/c1-5-6-11(2,3)19-9-7-8(16-4)17-10(18-9)12(13,14)15/h7H,5-6H2,1-4H3,(H2,16,17,18,19). The van der Waals surface area contributed by atoms with Crippen LogP contribution in [0.1, 0.15) is 39.4 Å². The van der Waals surface area contributed by atoms with Gasteiger partial charge in [-0.3, -0.25) is 0 Å². The van der Waals surface area contributed by atoms with Crippen molar-refractivity contribution >= 4 is 11.6 Å². The smallest absolute Gasteiger partial charge is 0.373 e. The summed E-state index contributed by atoms with van der Waals surface area (Å²) in [7, 11) is 1.52. The topological polar surface area (TPSA) is 49.8 Å². The predicted molar refractivity (Wildman–Crippen MR) is 69.2 cm³/mol. The third-order valence-electron chi connectivity index (χ3n) is 2.58. The predicted octanol–water partition coefficient (Wildman–Crippen LogP) is 3.53. The first-order valence-electron chi connectivity index (χ1n) is 6.10. The number of nitrogens with one attached hydrogen (secondary N) is 2. The Balaban J connectivity index is 3.07. The van der Waals surface area contributed by atoms with Crippen molar-refractivity contribution in [2.45, 2.75) is 45.3 Å². The lowest BCUT2D eigenvalue weighted by atomic mass is 9.99. The highest BCUT2D eigenvalue weighted by Crippen LogP contribution is 2.29. The molecule has 0 aromatic carbocycles. The van der Waals surface area contributed by atoms with E-state index in [0.29, 0.717) is 0 Å². The lowest BCUT2D eigenvalue weighted by Gasteiger charge is -2.26. The zero-order valence-electron chi connectivity index (χ0n) is 11.5. The van der Waals surface area contributed by atoms with E-state index < -0.39 is 12.0 Å². The molecule has 1 rings (SSSR count). The van der Waals surface area contributed by atoms with E-state index in [4.69, 9.17) is 0 Å². The second-order valence-electron chi connectivity index (χ2n) is 4.97. The third kappa shape index (κ3) is 4.57. The first-order valence-corrected chi connectivity index (χ1v) is 6.10. The van der Waals surface area contributed by atoms with Crippen molar-refractivity contribution in [3.05, 3.63) is 11.9 Å². The summed E-state index contributed by atoms with van der Waals surface area (Å²) in [5.41, 5.74) is -0.322. The van der Waals surface area contributed by atoms with Gasteiger partial charge >= 0.3 is 6.18 Å². The van der Waals surface area contributed by atoms with E-state index in [0.717, 1.165) is 12.8 Å². The first-order chi connectivity index (χ1) is 8.68. The molecule has 0 atom stereocenters. The summed E-state index contributed by atoms with van der Waals surface area (Å²) < 4.78 is 38.1. The van der Waals surface area contributed by atoms with Gasteiger partial charge in [-0.15, -0.1) is 0 Å². The van der Waals surface area contributed by atoms with Gasteiger partial charge in [-0.2, -0.15) is 13.2 Å². The molecule has 108 valence electrons. The van der Waals surface area contributed by atoms with Gasteiger partial charge in [-0.05, 0) is 20.3 Å². The van der Waals surface area contributed by atoms with Crippen LogP contribution < -0.4 is 10.6 Å². The minimum absolute atomic E-state index is 0.136. The third-order valence-corrected chi connectivity index (χ3v) is 2.58. The zero-order valence-corrected chi connectivity index (χ0v) is 11.5. The van der Waals surface area contributed by atoms with Crippen LogP contribution in [0.15, 0.2) is 6.07 Å². The Morgan fingerprint density at radius 1 is 1.16 bits per heavy atom. The van der Waals surface area contributed by atoms with Gasteiger partial charge in [-0.25, -0.2) is 9.97 Å². The number of anilines is 2. The summed E-state index contributed by atoms with van der Waals surface area (Å²) in [4.78, 5) is 6.94. The second-order valence-corrected chi connectivity index (χ2v) is 4.97. The molecule has 0 spiro atoms. The fourth-order valence-electron chi connectivity index (χ4n) is 1.80. The van der Waals surface area contributed by atoms with E-state index in [9.17, 15) is 13.2 Å². The molecule has 0 radical (unpaired) electrons. The average Bonchev–Trinajstić information content (AvgIpc) is 2.26. The number of hydrogen-bond acceptors (Lipinski definition) is 4. The van der Waals surface area contributed by atoms with Gasteiger partial charge in [0.25, 0.3) is 0 Å². The fourth-order valence-corrected chi connectivity index (χ4v) is 1.80. The van der Waals surface area contributed by atoms with Gasteiger partial charge in [0.2, 0.25) is 5.82 Å². The molecule has 0 aliphatic rings. The van der Waals surface area contributed by atoms with Crippen molar-refractivity contribution in [2.24, 2.45) is 0 Å². The Morgan fingerprint density at radius 2 is 1.74 bits per heavy atom. The summed E-state index contributed by atoms with van der Waals surface area (Å²) in [6, 6.07) is 1.46. The van der Waals surface area contributed by atoms with E-state index in [1.807, 2.05) is 20.8 Å². The van der Waals surface area contributed by atoms with Crippen LogP contribution in [0.3, 0.4) is 0 Å². The van der Waals surface area contributed by atoms with Crippen LogP contribution in [-0.4, -0.2) is 22.6 Å². The highest BCUT2D eigenvalue weighted by atomic mass is 19.4. The van der Waals surface area contributed by atoms with Crippen molar-refractivity contribution in [1.29, 1.82) is 0 Å². The van der Waals surface area contributed by atoms with Gasteiger partial charge < -0.3 is 10.6 Å². The molecule has 0 amide bonds. The number of nitrogens with zero attached hydrogens (tertiary/aromatic N) is 2. The quantitative estimate of drug-likeness (QED) is 0.863. The summed E-state index contributed by atoms with van der Waals surface area (Å²) in [6.07, 6.45) is -2.80. The lowest BCUT2D eigenvalue weighted by molar-refractivity contribution is -0.144. The highest BCUT2D eigenvalue weighted by Gasteiger charge is 2.35. The SMILES string of the molecule is CCCC(C)(C)Nc1cc(NC)nc(C(F)(F)F)n1. The molecule has 0 bridgehead atoms. The minimum Gasteiger partial charge on any atom is -0.373 e. The van der Waals surface area contributed by atoms with Crippen LogP contribution in [0.4, 0.5) is 24.8 Å². The van der Waals surface area contributed by atoms with Gasteiger partial charge in [0.15, 0.2) is 0 Å². The summed E-state index contributed by atoms with van der Waals surface area (Å²) >= 11 is 0. The maximum absolute atomic E-state index is 12.7. The summed E-state index contributed by atoms with van der Waals surface area (Å²) in [6.45, 7) is 5.86. The second kappa shape index (κ2) is 5.63. The van der Waals surface area contributed by atoms with Crippen LogP contribution in [0.5, 0.6) is 0 Å². The molecule has 0 aliphatic carbocycles. The maximum Gasteiger partial charge on any atom is 0.451 e. The van der Waals surface area contributed by atoms with Gasteiger partial charge in [0.05, 0.1) is 0 Å². The number of rotatable bonds is 5. The normalized spacial score (nSPS) is 12.4. The Morgan fingerprint density at radius 3 is 2.21 bits per heavy atom. The van der Waals surface area contributed by atoms with E-state index in [1.54, 1.807) is 0 Å². The Labute approximate surface area is 110 Å². The molecule has 0 aliphatic heterocycles. The molecule has 1 heterocycles. The molecule has 0 saturated heterocycles. The highest BCUT2D eigenvalue weighted by molar-refractivity contribution is 5.48. The maximum atomic E-state index is 12.7. The van der Waals surface area contributed by atoms with E-state index >= 15 is 0 Å². The van der Waals surface area contributed by atoms with Crippen LogP contribution in [0.2, 0.25) is 0 Å². The minimum atomic E-state index is -4.56. The van der Waals surface area contributed by atoms with Gasteiger partial charge in [0.1, 0.15) is 11.6 Å². The zero-order chi connectivity index (χ0) is 14.7. The number of hydrogen-bond donors (Lipinski definition) is 2. The molecule has 7 heteroatoms. The van der Waals surface area contributed by atoms with E-state index in [2.05, 4.69) is 20.6 Å². The van der Waals surface area contributed by atoms with E-state index in [1.165, 1.54) is 13.1 Å². The molecule has 0 fully saturated rings. The molecule has 1 aromatic rings. The molecule has 19 heavy (non-hydrogen) atoms. The monoisotopic (exact) mass is 276 g/mol. The summed E-state index contributed by atoms with van der Waals surface area (Å²) in [5.74, 6) is -0.837. The van der Waals surface area contributed by atoms with Crippen LogP contribution in [-0.2, 0) is 6.18 Å². The molecule has 1 aromatic heterocycles. The van der Waals surface area contributed by atoms with Crippen molar-refractivity contribution < 1.29 is 13.2 Å². The summed E-state index contributed by atoms with van der Waals surface area (Å²) in [5, 5.41) is 5.62. The lowest BCUT2D eigenvalue weighted by Crippen LogP contribution is -2.31. The van der Waals surface area contributed by atoms with Crippen molar-refractivity contribution in [3.63, 3.8) is 0 Å². The molecule has 0 unspecified atom stereocenters. The van der Waals surface area contributed by atoms with Crippen molar-refractivity contribution in [2.75, 3.05) is 17.7 Å². The van der Waals surface area contributed by atoms with Crippen LogP contribution in [0.25, 0.3) is 0 Å². The Hall–Kier alpha value is -1.53. The van der Waals surface area contributed by atoms with E-state index in [-0.39, 0.29) is 17.2 Å². The molecular weight excluding hydrogens is 257 g/mol. The Bertz CT molecular complexity index is 429. The van der Waals surface area contributed by atoms with Crippen molar-refractivity contribution in [1.82, 2.24) is 9.97 Å². The fraction of sp³-hybridized carbons (Fsp3) is 0.667. The number of halogens is 3. The largest absolute Gasteiger partial charge is 0.451 e.